The predicted octanol–water partition coefficient (Wildman–Crippen LogP) is 4.89. The predicted molar refractivity (Wildman–Crippen MR) is 121 cm³/mol. The number of hydrogen-bond acceptors (Lipinski definition) is 6. The number of furan rings is 1. The summed E-state index contributed by atoms with van der Waals surface area (Å²) in [5.74, 6) is -0.655. The number of hydrogen-bond donors (Lipinski definition) is 2. The number of nitrogens with one attached hydrogen (secondary N) is 2. The fourth-order valence-corrected chi connectivity index (χ4v) is 3.73. The standard InChI is InChI=1S/C21H17Br2N3O4/c1-13-4-6-16(7-5-13)24-12-19(27)26-25-11-14-9-15(22)10-17(23)20(14)30-21(28)18-3-2-8-29-18/h2-11,24H,12H2,1H3,(H,26,27)/b25-11-. The molecule has 0 saturated heterocycles. The van der Waals surface area contributed by atoms with Gasteiger partial charge in [-0.05, 0) is 59.3 Å². The number of nitrogens with zero attached hydrogens (tertiary/aromatic N) is 1. The summed E-state index contributed by atoms with van der Waals surface area (Å²) >= 11 is 6.75. The molecule has 30 heavy (non-hydrogen) atoms. The Morgan fingerprint density at radius 3 is 2.63 bits per heavy atom. The largest absolute Gasteiger partial charge is 0.457 e. The number of hydrazone groups is 1. The molecule has 0 fully saturated rings. The summed E-state index contributed by atoms with van der Waals surface area (Å²) in [4.78, 5) is 24.2. The van der Waals surface area contributed by atoms with Crippen LogP contribution in [0.1, 0.15) is 21.7 Å². The molecule has 2 N–H and O–H groups in total. The van der Waals surface area contributed by atoms with Crippen molar-refractivity contribution in [3.8, 4) is 5.75 Å². The normalized spacial score (nSPS) is 10.8. The zero-order valence-electron chi connectivity index (χ0n) is 15.8. The summed E-state index contributed by atoms with van der Waals surface area (Å²) < 4.78 is 11.8. The third-order valence-electron chi connectivity index (χ3n) is 3.85. The fraction of sp³-hybridized carbons (Fsp3) is 0.0952. The molecular formula is C21H17Br2N3O4. The highest BCUT2D eigenvalue weighted by Crippen LogP contribution is 2.32. The lowest BCUT2D eigenvalue weighted by Gasteiger charge is -2.09. The molecule has 154 valence electrons. The second-order valence-electron chi connectivity index (χ2n) is 6.19. The maximum Gasteiger partial charge on any atom is 0.379 e. The number of aryl methyl sites for hydroxylation is 1. The average Bonchev–Trinajstić information content (AvgIpc) is 3.25. The van der Waals surface area contributed by atoms with Crippen LogP contribution in [0.15, 0.2) is 73.3 Å². The van der Waals surface area contributed by atoms with Crippen LogP contribution in [-0.2, 0) is 4.79 Å². The van der Waals surface area contributed by atoms with Gasteiger partial charge in [-0.1, -0.05) is 33.6 Å². The van der Waals surface area contributed by atoms with Crippen LogP contribution in [0.3, 0.4) is 0 Å². The zero-order valence-corrected chi connectivity index (χ0v) is 19.0. The molecular weight excluding hydrogens is 518 g/mol. The maximum atomic E-state index is 12.2. The van der Waals surface area contributed by atoms with Crippen molar-refractivity contribution in [1.29, 1.82) is 0 Å². The lowest BCUT2D eigenvalue weighted by atomic mass is 10.2. The Kier molecular flexibility index (Phi) is 7.42. The van der Waals surface area contributed by atoms with Crippen molar-refractivity contribution in [2.45, 2.75) is 6.92 Å². The summed E-state index contributed by atoms with van der Waals surface area (Å²) in [5.41, 5.74) is 4.89. The third kappa shape index (κ3) is 6.04. The Labute approximate surface area is 189 Å². The van der Waals surface area contributed by atoms with Gasteiger partial charge in [-0.2, -0.15) is 5.10 Å². The summed E-state index contributed by atoms with van der Waals surface area (Å²) in [6, 6.07) is 14.2. The molecule has 0 radical (unpaired) electrons. The number of carbonyl (C=O) groups excluding carboxylic acids is 2. The monoisotopic (exact) mass is 533 g/mol. The first-order valence-corrected chi connectivity index (χ1v) is 10.4. The van der Waals surface area contributed by atoms with Crippen LogP contribution in [0, 0.1) is 6.92 Å². The van der Waals surface area contributed by atoms with Gasteiger partial charge in [-0.15, -0.1) is 0 Å². The van der Waals surface area contributed by atoms with E-state index in [1.165, 1.54) is 18.5 Å². The second kappa shape index (κ2) is 10.2. The van der Waals surface area contributed by atoms with E-state index < -0.39 is 5.97 Å². The van der Waals surface area contributed by atoms with E-state index >= 15 is 0 Å². The van der Waals surface area contributed by atoms with Crippen molar-refractivity contribution in [3.63, 3.8) is 0 Å². The van der Waals surface area contributed by atoms with Gasteiger partial charge in [0.1, 0.15) is 0 Å². The van der Waals surface area contributed by atoms with Gasteiger partial charge in [0, 0.05) is 15.7 Å². The van der Waals surface area contributed by atoms with Crippen LogP contribution >= 0.6 is 31.9 Å². The number of esters is 1. The second-order valence-corrected chi connectivity index (χ2v) is 7.96. The molecule has 0 aliphatic carbocycles. The highest BCUT2D eigenvalue weighted by Gasteiger charge is 2.17. The summed E-state index contributed by atoms with van der Waals surface area (Å²) in [7, 11) is 0. The van der Waals surface area contributed by atoms with E-state index in [-0.39, 0.29) is 24.0 Å². The number of rotatable bonds is 7. The van der Waals surface area contributed by atoms with Crippen LogP contribution in [0.25, 0.3) is 0 Å². The summed E-state index contributed by atoms with van der Waals surface area (Å²) in [5, 5.41) is 6.97. The molecule has 3 aromatic rings. The van der Waals surface area contributed by atoms with Crippen LogP contribution in [0.4, 0.5) is 5.69 Å². The van der Waals surface area contributed by atoms with E-state index in [1.807, 2.05) is 31.2 Å². The number of benzene rings is 2. The number of carbonyl (C=O) groups is 2. The highest BCUT2D eigenvalue weighted by molar-refractivity contribution is 9.11. The Morgan fingerprint density at radius 1 is 1.17 bits per heavy atom. The minimum atomic E-state index is -0.649. The van der Waals surface area contributed by atoms with Crippen LogP contribution in [-0.4, -0.2) is 24.6 Å². The fourth-order valence-electron chi connectivity index (χ4n) is 2.39. The van der Waals surface area contributed by atoms with Crippen LogP contribution in [0.2, 0.25) is 0 Å². The van der Waals surface area contributed by atoms with E-state index in [1.54, 1.807) is 18.2 Å². The summed E-state index contributed by atoms with van der Waals surface area (Å²) in [6.45, 7) is 2.05. The van der Waals surface area contributed by atoms with Crippen molar-refractivity contribution in [2.24, 2.45) is 5.10 Å². The minimum absolute atomic E-state index is 0.0584. The first-order valence-electron chi connectivity index (χ1n) is 8.79. The third-order valence-corrected chi connectivity index (χ3v) is 4.90. The van der Waals surface area contributed by atoms with Gasteiger partial charge in [-0.25, -0.2) is 10.2 Å². The SMILES string of the molecule is Cc1ccc(NCC(=O)N/N=C\c2cc(Br)cc(Br)c2OC(=O)c2ccco2)cc1. The maximum absolute atomic E-state index is 12.2. The molecule has 1 aromatic heterocycles. The lowest BCUT2D eigenvalue weighted by Crippen LogP contribution is -2.25. The Bertz CT molecular complexity index is 1060. The Morgan fingerprint density at radius 2 is 1.93 bits per heavy atom. The zero-order chi connectivity index (χ0) is 21.5. The first-order chi connectivity index (χ1) is 14.4. The molecule has 7 nitrogen and oxygen atoms in total. The molecule has 0 spiro atoms. The number of anilines is 1. The van der Waals surface area contributed by atoms with Gasteiger partial charge in [0.25, 0.3) is 5.91 Å². The van der Waals surface area contributed by atoms with Crippen molar-refractivity contribution in [3.05, 3.63) is 80.6 Å². The Hall–Kier alpha value is -2.91. The molecule has 1 heterocycles. The van der Waals surface area contributed by atoms with Crippen molar-refractivity contribution < 1.29 is 18.7 Å². The molecule has 0 bridgehead atoms. The molecule has 2 aromatic carbocycles. The molecule has 0 atom stereocenters. The van der Waals surface area contributed by atoms with E-state index in [0.717, 1.165) is 15.7 Å². The molecule has 0 unspecified atom stereocenters. The van der Waals surface area contributed by atoms with Gasteiger partial charge >= 0.3 is 5.97 Å². The lowest BCUT2D eigenvalue weighted by molar-refractivity contribution is -0.119. The van der Waals surface area contributed by atoms with E-state index in [0.29, 0.717) is 10.0 Å². The minimum Gasteiger partial charge on any atom is -0.457 e. The number of ether oxygens (including phenoxy) is 1. The molecule has 0 aliphatic rings. The number of halogens is 2. The molecule has 0 aliphatic heterocycles. The first kappa shape index (κ1) is 21.8. The van der Waals surface area contributed by atoms with Crippen LogP contribution in [0.5, 0.6) is 5.75 Å². The van der Waals surface area contributed by atoms with Gasteiger partial charge in [-0.3, -0.25) is 4.79 Å². The topological polar surface area (TPSA) is 92.9 Å². The van der Waals surface area contributed by atoms with E-state index in [2.05, 4.69) is 47.7 Å². The quantitative estimate of drug-likeness (QED) is 0.195. The number of amides is 1. The van der Waals surface area contributed by atoms with Gasteiger partial charge in [0.2, 0.25) is 5.76 Å². The Balaban J connectivity index is 1.64. The van der Waals surface area contributed by atoms with Gasteiger partial charge in [0.15, 0.2) is 5.75 Å². The van der Waals surface area contributed by atoms with E-state index in [4.69, 9.17) is 9.15 Å². The molecule has 3 rings (SSSR count). The molecule has 1 amide bonds. The molecule has 9 heteroatoms. The van der Waals surface area contributed by atoms with Gasteiger partial charge in [0.05, 0.1) is 23.5 Å². The van der Waals surface area contributed by atoms with Crippen molar-refractivity contribution >= 4 is 55.6 Å². The van der Waals surface area contributed by atoms with E-state index in [9.17, 15) is 9.59 Å². The molecule has 0 saturated carbocycles. The van der Waals surface area contributed by atoms with Crippen molar-refractivity contribution in [1.82, 2.24) is 5.43 Å². The van der Waals surface area contributed by atoms with Gasteiger partial charge < -0.3 is 14.5 Å². The van der Waals surface area contributed by atoms with Crippen molar-refractivity contribution in [2.75, 3.05) is 11.9 Å². The average molecular weight is 535 g/mol. The summed E-state index contributed by atoms with van der Waals surface area (Å²) in [6.07, 6.45) is 2.78. The van der Waals surface area contributed by atoms with Crippen LogP contribution < -0.4 is 15.5 Å². The smallest absolute Gasteiger partial charge is 0.379 e. The highest BCUT2D eigenvalue weighted by atomic mass is 79.9.